The van der Waals surface area contributed by atoms with Crippen LogP contribution in [0.1, 0.15) is 17.0 Å². The predicted molar refractivity (Wildman–Crippen MR) is 56.7 cm³/mol. The van der Waals surface area contributed by atoms with Gasteiger partial charge in [-0.25, -0.2) is 0 Å². The first-order chi connectivity index (χ1) is 4.72. The van der Waals surface area contributed by atoms with E-state index in [1.807, 2.05) is 13.8 Å². The van der Waals surface area contributed by atoms with Crippen LogP contribution in [-0.4, -0.2) is 4.98 Å². The lowest BCUT2D eigenvalue weighted by atomic mass is 10.2. The number of alkyl halides is 1. The average Bonchev–Trinajstić information content (AvgIpc) is 1.85. The van der Waals surface area contributed by atoms with Gasteiger partial charge in [-0.3, -0.25) is 4.98 Å². The number of nitrogens with zero attached hydrogens (tertiary/aromatic N) is 1. The predicted octanol–water partition coefficient (Wildman–Crippen LogP) is 3.17. The molecule has 0 unspecified atom stereocenters. The molecule has 0 N–H and O–H groups in total. The van der Waals surface area contributed by atoms with Gasteiger partial charge in [0.25, 0.3) is 0 Å². The smallest absolute Gasteiger partial charge is 0.0378 e. The number of halogens is 2. The molecular weight excluding hydrogens is 270 g/mol. The van der Waals surface area contributed by atoms with Crippen molar-refractivity contribution in [2.45, 2.75) is 19.2 Å². The maximum Gasteiger partial charge on any atom is 0.0378 e. The van der Waals surface area contributed by atoms with E-state index in [1.54, 1.807) is 0 Å². The van der Waals surface area contributed by atoms with Crippen molar-refractivity contribution in [1.82, 2.24) is 4.98 Å². The normalized spacial score (nSPS) is 9.00. The minimum absolute atomic E-state index is 0. The van der Waals surface area contributed by atoms with Crippen LogP contribution in [0.4, 0.5) is 0 Å². The van der Waals surface area contributed by atoms with Crippen molar-refractivity contribution in [3.63, 3.8) is 0 Å². The molecule has 1 aromatic heterocycles. The highest BCUT2D eigenvalue weighted by molar-refractivity contribution is 9.08. The first-order valence-electron chi connectivity index (χ1n) is 3.22. The summed E-state index contributed by atoms with van der Waals surface area (Å²) in [7, 11) is 0. The van der Waals surface area contributed by atoms with E-state index in [4.69, 9.17) is 0 Å². The van der Waals surface area contributed by atoms with E-state index in [1.165, 1.54) is 5.56 Å². The minimum Gasteiger partial charge on any atom is -0.258 e. The second-order valence-corrected chi connectivity index (χ2v) is 2.95. The van der Waals surface area contributed by atoms with E-state index >= 15 is 0 Å². The van der Waals surface area contributed by atoms with Crippen LogP contribution in [0.2, 0.25) is 0 Å². The molecule has 0 aliphatic carbocycles. The first-order valence-corrected chi connectivity index (χ1v) is 4.34. The Morgan fingerprint density at radius 3 is 2.09 bits per heavy atom. The van der Waals surface area contributed by atoms with Crippen LogP contribution < -0.4 is 0 Å². The van der Waals surface area contributed by atoms with Gasteiger partial charge in [0.15, 0.2) is 0 Å². The fraction of sp³-hybridized carbons (Fsp3) is 0.375. The van der Waals surface area contributed by atoms with Crippen molar-refractivity contribution in [3.8, 4) is 0 Å². The Balaban J connectivity index is 0.000001000. The number of rotatable bonds is 1. The Morgan fingerprint density at radius 2 is 1.73 bits per heavy atom. The van der Waals surface area contributed by atoms with E-state index in [0.717, 1.165) is 16.7 Å². The van der Waals surface area contributed by atoms with Crippen LogP contribution in [-0.2, 0) is 5.33 Å². The zero-order valence-electron chi connectivity index (χ0n) is 6.60. The van der Waals surface area contributed by atoms with Crippen molar-refractivity contribution < 1.29 is 0 Å². The summed E-state index contributed by atoms with van der Waals surface area (Å²) < 4.78 is 0. The molecule has 0 fully saturated rings. The molecule has 0 bridgehead atoms. The van der Waals surface area contributed by atoms with Gasteiger partial charge in [0, 0.05) is 16.7 Å². The van der Waals surface area contributed by atoms with E-state index in [9.17, 15) is 0 Å². The molecule has 1 rings (SSSR count). The number of aryl methyl sites for hydroxylation is 2. The van der Waals surface area contributed by atoms with Crippen LogP contribution in [0.25, 0.3) is 0 Å². The maximum absolute atomic E-state index is 4.26. The van der Waals surface area contributed by atoms with Gasteiger partial charge in [0.1, 0.15) is 0 Å². The van der Waals surface area contributed by atoms with Gasteiger partial charge in [-0.05, 0) is 31.5 Å². The zero-order chi connectivity index (χ0) is 7.56. The molecule has 1 heterocycles. The van der Waals surface area contributed by atoms with Crippen molar-refractivity contribution in [2.24, 2.45) is 0 Å². The van der Waals surface area contributed by atoms with Crippen molar-refractivity contribution in [3.05, 3.63) is 29.1 Å². The van der Waals surface area contributed by atoms with Gasteiger partial charge in [-0.2, -0.15) is 0 Å². The van der Waals surface area contributed by atoms with Gasteiger partial charge < -0.3 is 0 Å². The Labute approximate surface area is 86.1 Å². The number of hydrogen-bond acceptors (Lipinski definition) is 1. The van der Waals surface area contributed by atoms with Gasteiger partial charge in [0.05, 0.1) is 0 Å². The fourth-order valence-electron chi connectivity index (χ4n) is 0.998. The summed E-state index contributed by atoms with van der Waals surface area (Å²) >= 11 is 3.40. The summed E-state index contributed by atoms with van der Waals surface area (Å²) in [5, 5.41) is 0.914. The second kappa shape index (κ2) is 4.88. The number of pyridine rings is 1. The number of aromatic nitrogens is 1. The summed E-state index contributed by atoms with van der Waals surface area (Å²) in [6.07, 6.45) is 0. The average molecular weight is 281 g/mol. The summed E-state index contributed by atoms with van der Waals surface area (Å²) in [4.78, 5) is 4.26. The second-order valence-electron chi connectivity index (χ2n) is 2.39. The molecule has 0 aliphatic heterocycles. The van der Waals surface area contributed by atoms with Crippen LogP contribution in [0.5, 0.6) is 0 Å². The molecule has 0 aliphatic rings. The monoisotopic (exact) mass is 279 g/mol. The van der Waals surface area contributed by atoms with Crippen LogP contribution in [0.15, 0.2) is 12.1 Å². The molecule has 0 saturated heterocycles. The third-order valence-electron chi connectivity index (χ3n) is 1.30. The lowest BCUT2D eigenvalue weighted by Crippen LogP contribution is -1.88. The quantitative estimate of drug-likeness (QED) is 0.720. The first kappa shape index (κ1) is 11.1. The highest BCUT2D eigenvalue weighted by Crippen LogP contribution is 2.07. The van der Waals surface area contributed by atoms with Crippen LogP contribution in [0, 0.1) is 13.8 Å². The molecule has 0 radical (unpaired) electrons. The lowest BCUT2D eigenvalue weighted by Gasteiger charge is -1.98. The van der Waals surface area contributed by atoms with Crippen molar-refractivity contribution in [1.29, 1.82) is 0 Å². The molecule has 62 valence electrons. The van der Waals surface area contributed by atoms with Crippen molar-refractivity contribution >= 4 is 32.9 Å². The Hall–Kier alpha value is 0.110. The third-order valence-corrected chi connectivity index (χ3v) is 1.94. The topological polar surface area (TPSA) is 12.9 Å². The van der Waals surface area contributed by atoms with Gasteiger partial charge in [-0.15, -0.1) is 17.0 Å². The highest BCUT2D eigenvalue weighted by atomic mass is 79.9. The number of hydrogen-bond donors (Lipinski definition) is 0. The summed E-state index contributed by atoms with van der Waals surface area (Å²) in [5.41, 5.74) is 3.48. The maximum atomic E-state index is 4.26. The zero-order valence-corrected chi connectivity index (χ0v) is 9.89. The molecule has 0 saturated carbocycles. The lowest BCUT2D eigenvalue weighted by molar-refractivity contribution is 1.10. The molecular formula is C8H11Br2N. The third kappa shape index (κ3) is 3.34. The molecule has 0 atom stereocenters. The standard InChI is InChI=1S/C8H10BrN.BrH/c1-6-3-8(5-9)4-7(2)10-6;/h3-4H,5H2,1-2H3;1H. The minimum atomic E-state index is 0. The van der Waals surface area contributed by atoms with Crippen LogP contribution in [0.3, 0.4) is 0 Å². The Morgan fingerprint density at radius 1 is 1.27 bits per heavy atom. The summed E-state index contributed by atoms with van der Waals surface area (Å²) in [6, 6.07) is 4.17. The molecule has 1 aromatic rings. The Bertz CT molecular complexity index is 215. The highest BCUT2D eigenvalue weighted by Gasteiger charge is 1.93. The summed E-state index contributed by atoms with van der Waals surface area (Å²) in [6.45, 7) is 4.03. The van der Waals surface area contributed by atoms with E-state index in [-0.39, 0.29) is 17.0 Å². The molecule has 1 nitrogen and oxygen atoms in total. The molecule has 3 heteroatoms. The molecule has 11 heavy (non-hydrogen) atoms. The summed E-state index contributed by atoms with van der Waals surface area (Å²) in [5.74, 6) is 0. The van der Waals surface area contributed by atoms with Gasteiger partial charge in [0.2, 0.25) is 0 Å². The molecule has 0 amide bonds. The largest absolute Gasteiger partial charge is 0.258 e. The fourth-order valence-corrected chi connectivity index (χ4v) is 1.32. The SMILES string of the molecule is Br.Cc1cc(CBr)cc(C)n1. The molecule has 0 aromatic carbocycles. The van der Waals surface area contributed by atoms with Gasteiger partial charge in [-0.1, -0.05) is 15.9 Å². The van der Waals surface area contributed by atoms with Crippen LogP contribution >= 0.6 is 32.9 Å². The Kier molecular flexibility index (Phi) is 4.93. The molecule has 0 spiro atoms. The van der Waals surface area contributed by atoms with E-state index in [0.29, 0.717) is 0 Å². The van der Waals surface area contributed by atoms with E-state index in [2.05, 4.69) is 33.0 Å². The van der Waals surface area contributed by atoms with Crippen molar-refractivity contribution in [2.75, 3.05) is 0 Å². The van der Waals surface area contributed by atoms with Gasteiger partial charge >= 0.3 is 0 Å². The van der Waals surface area contributed by atoms with E-state index < -0.39 is 0 Å².